The Morgan fingerprint density at radius 3 is 2.18 bits per heavy atom. The van der Waals surface area contributed by atoms with Crippen molar-refractivity contribution >= 4 is 0 Å². The summed E-state index contributed by atoms with van der Waals surface area (Å²) in [7, 11) is 0. The molecule has 0 bridgehead atoms. The van der Waals surface area contributed by atoms with Crippen molar-refractivity contribution in [2.24, 2.45) is 29.1 Å². The highest BCUT2D eigenvalue weighted by molar-refractivity contribution is 5.08. The van der Waals surface area contributed by atoms with Gasteiger partial charge in [0, 0.05) is 12.6 Å². The predicted molar refractivity (Wildman–Crippen MR) is 96.0 cm³/mol. The van der Waals surface area contributed by atoms with Gasteiger partial charge in [0.05, 0.1) is 0 Å². The van der Waals surface area contributed by atoms with Gasteiger partial charge in [-0.2, -0.15) is 0 Å². The molecular formula is C21H39N. The lowest BCUT2D eigenvalue weighted by Gasteiger charge is -2.52. The molecule has 128 valence electrons. The fourth-order valence-electron chi connectivity index (χ4n) is 6.51. The van der Waals surface area contributed by atoms with Crippen molar-refractivity contribution in [2.75, 3.05) is 6.54 Å². The van der Waals surface area contributed by atoms with E-state index in [1.807, 2.05) is 0 Å². The second-order valence-electron chi connectivity index (χ2n) is 9.06. The molecule has 3 rings (SSSR count). The third-order valence-electron chi connectivity index (χ3n) is 7.83. The van der Waals surface area contributed by atoms with Crippen molar-refractivity contribution < 1.29 is 0 Å². The maximum atomic E-state index is 3.91. The van der Waals surface area contributed by atoms with Crippen molar-refractivity contribution in [1.29, 1.82) is 0 Å². The molecule has 3 fully saturated rings. The van der Waals surface area contributed by atoms with Crippen molar-refractivity contribution in [3.63, 3.8) is 0 Å². The highest BCUT2D eigenvalue weighted by Crippen LogP contribution is 2.58. The summed E-state index contributed by atoms with van der Waals surface area (Å²) in [4.78, 5) is 0. The highest BCUT2D eigenvalue weighted by Gasteiger charge is 2.56. The van der Waals surface area contributed by atoms with Crippen molar-refractivity contribution in [3.8, 4) is 0 Å². The Labute approximate surface area is 139 Å². The minimum atomic E-state index is 0.643. The maximum Gasteiger partial charge on any atom is 0.00757 e. The molecule has 0 aromatic heterocycles. The number of nitrogens with one attached hydrogen (secondary N) is 1. The van der Waals surface area contributed by atoms with Gasteiger partial charge in [-0.1, -0.05) is 65.2 Å². The van der Waals surface area contributed by atoms with E-state index in [0.29, 0.717) is 5.41 Å². The molecule has 0 radical (unpaired) electrons. The molecule has 6 atom stereocenters. The normalized spacial score (nSPS) is 47.9. The SMILES string of the molecule is C[C@H]1[C@H]2[C@H](C)NC[C@]23CCCCCCCCCC[C@H]3C[C@H]1C. The molecule has 1 heterocycles. The Morgan fingerprint density at radius 1 is 0.818 bits per heavy atom. The van der Waals surface area contributed by atoms with Crippen molar-refractivity contribution in [3.05, 3.63) is 0 Å². The van der Waals surface area contributed by atoms with E-state index in [9.17, 15) is 0 Å². The second-order valence-corrected chi connectivity index (χ2v) is 9.06. The molecule has 3 aliphatic rings. The number of hydrogen-bond acceptors (Lipinski definition) is 1. The highest BCUT2D eigenvalue weighted by atomic mass is 15.0. The van der Waals surface area contributed by atoms with E-state index in [4.69, 9.17) is 0 Å². The van der Waals surface area contributed by atoms with Gasteiger partial charge >= 0.3 is 0 Å². The van der Waals surface area contributed by atoms with Crippen LogP contribution in [0.4, 0.5) is 0 Å². The monoisotopic (exact) mass is 305 g/mol. The van der Waals surface area contributed by atoms with Gasteiger partial charge in [0.2, 0.25) is 0 Å². The zero-order valence-corrected chi connectivity index (χ0v) is 15.4. The van der Waals surface area contributed by atoms with Crippen LogP contribution in [-0.4, -0.2) is 12.6 Å². The van der Waals surface area contributed by atoms with Crippen LogP contribution >= 0.6 is 0 Å². The molecule has 2 aliphatic carbocycles. The lowest BCUT2D eigenvalue weighted by atomic mass is 9.51. The molecule has 1 nitrogen and oxygen atoms in total. The number of rotatable bonds is 0. The largest absolute Gasteiger partial charge is 0.313 e. The quantitative estimate of drug-likeness (QED) is 0.597. The fourth-order valence-corrected chi connectivity index (χ4v) is 6.51. The minimum Gasteiger partial charge on any atom is -0.313 e. The van der Waals surface area contributed by atoms with Crippen LogP contribution < -0.4 is 5.32 Å². The Kier molecular flexibility index (Phi) is 5.53. The smallest absolute Gasteiger partial charge is 0.00757 e. The van der Waals surface area contributed by atoms with Crippen LogP contribution in [0.5, 0.6) is 0 Å². The van der Waals surface area contributed by atoms with Crippen LogP contribution in [0.15, 0.2) is 0 Å². The summed E-state index contributed by atoms with van der Waals surface area (Å²) in [5, 5.41) is 3.91. The Morgan fingerprint density at radius 2 is 1.45 bits per heavy atom. The van der Waals surface area contributed by atoms with Crippen molar-refractivity contribution in [1.82, 2.24) is 5.32 Å². The summed E-state index contributed by atoms with van der Waals surface area (Å²) in [6.45, 7) is 8.89. The Balaban J connectivity index is 1.81. The van der Waals surface area contributed by atoms with Gasteiger partial charge in [-0.05, 0) is 55.3 Å². The topological polar surface area (TPSA) is 12.0 Å². The molecule has 1 saturated heterocycles. The molecular weight excluding hydrogens is 266 g/mol. The molecule has 22 heavy (non-hydrogen) atoms. The summed E-state index contributed by atoms with van der Waals surface area (Å²) in [6, 6.07) is 0.744. The summed E-state index contributed by atoms with van der Waals surface area (Å²) >= 11 is 0. The average molecular weight is 306 g/mol. The van der Waals surface area contributed by atoms with Gasteiger partial charge in [-0.15, -0.1) is 0 Å². The van der Waals surface area contributed by atoms with E-state index in [1.165, 1.54) is 77.2 Å². The summed E-state index contributed by atoms with van der Waals surface area (Å²) in [6.07, 6.45) is 16.4. The van der Waals surface area contributed by atoms with E-state index in [-0.39, 0.29) is 0 Å². The fraction of sp³-hybridized carbons (Fsp3) is 1.00. The minimum absolute atomic E-state index is 0.643. The van der Waals surface area contributed by atoms with Crippen LogP contribution in [0.3, 0.4) is 0 Å². The van der Waals surface area contributed by atoms with Crippen LogP contribution in [0.25, 0.3) is 0 Å². The van der Waals surface area contributed by atoms with Crippen molar-refractivity contribution in [2.45, 2.75) is 97.4 Å². The van der Waals surface area contributed by atoms with Gasteiger partial charge in [0.15, 0.2) is 0 Å². The van der Waals surface area contributed by atoms with E-state index in [2.05, 4.69) is 26.1 Å². The Hall–Kier alpha value is -0.0400. The van der Waals surface area contributed by atoms with Crippen LogP contribution in [-0.2, 0) is 0 Å². The number of hydrogen-bond donors (Lipinski definition) is 1. The zero-order chi connectivity index (χ0) is 15.6. The predicted octanol–water partition coefficient (Wildman–Crippen LogP) is 5.79. The lowest BCUT2D eigenvalue weighted by molar-refractivity contribution is -0.0276. The first-order valence-electron chi connectivity index (χ1n) is 10.4. The molecule has 1 N–H and O–H groups in total. The molecule has 2 saturated carbocycles. The first kappa shape index (κ1) is 16.8. The summed E-state index contributed by atoms with van der Waals surface area (Å²) in [5.74, 6) is 3.78. The third kappa shape index (κ3) is 3.12. The molecule has 0 aromatic carbocycles. The molecule has 0 aromatic rings. The maximum absolute atomic E-state index is 3.91. The van der Waals surface area contributed by atoms with Gasteiger partial charge < -0.3 is 5.32 Å². The van der Waals surface area contributed by atoms with Gasteiger partial charge in [-0.3, -0.25) is 0 Å². The van der Waals surface area contributed by atoms with Crippen LogP contribution in [0.1, 0.15) is 91.4 Å². The van der Waals surface area contributed by atoms with Gasteiger partial charge in [0.25, 0.3) is 0 Å². The first-order chi connectivity index (χ1) is 10.6. The lowest BCUT2D eigenvalue weighted by Crippen LogP contribution is -2.48. The first-order valence-corrected chi connectivity index (χ1v) is 10.4. The van der Waals surface area contributed by atoms with E-state index < -0.39 is 0 Å². The Bertz CT molecular complexity index is 352. The molecule has 1 spiro atoms. The van der Waals surface area contributed by atoms with E-state index >= 15 is 0 Å². The van der Waals surface area contributed by atoms with Gasteiger partial charge in [-0.25, -0.2) is 0 Å². The van der Waals surface area contributed by atoms with Crippen LogP contribution in [0.2, 0.25) is 0 Å². The van der Waals surface area contributed by atoms with Gasteiger partial charge in [0.1, 0.15) is 0 Å². The summed E-state index contributed by atoms with van der Waals surface area (Å²) in [5.41, 5.74) is 0.643. The molecule has 1 heteroatoms. The summed E-state index contributed by atoms with van der Waals surface area (Å²) < 4.78 is 0. The molecule has 0 unspecified atom stereocenters. The zero-order valence-electron chi connectivity index (χ0n) is 15.4. The van der Waals surface area contributed by atoms with E-state index in [0.717, 1.165) is 29.7 Å². The molecule has 0 amide bonds. The standard InChI is InChI=1S/C21H39N/c1-16-14-19-12-10-8-6-4-5-7-9-11-13-21(19)15-22-18(3)20(21)17(16)2/h16-20,22H,4-15H2,1-3H3/t16-,17-,18+,19+,20+,21+/m1/s1. The molecule has 1 aliphatic heterocycles. The third-order valence-corrected chi connectivity index (χ3v) is 7.83. The van der Waals surface area contributed by atoms with Crippen LogP contribution in [0, 0.1) is 29.1 Å². The second kappa shape index (κ2) is 7.24. The van der Waals surface area contributed by atoms with E-state index in [1.54, 1.807) is 0 Å². The average Bonchev–Trinajstić information content (AvgIpc) is 2.83.